The van der Waals surface area contributed by atoms with Crippen LogP contribution in [0.25, 0.3) is 0 Å². The number of nitrogens with zero attached hydrogens (tertiary/aromatic N) is 2. The molecular formula is C12H20N4O. The largest absolute Gasteiger partial charge is 0.368 e. The second-order valence-electron chi connectivity index (χ2n) is 3.97. The van der Waals surface area contributed by atoms with Crippen LogP contribution in [-0.4, -0.2) is 24.0 Å². The van der Waals surface area contributed by atoms with Crippen LogP contribution in [0.3, 0.4) is 0 Å². The summed E-state index contributed by atoms with van der Waals surface area (Å²) in [5, 5.41) is 0. The maximum atomic E-state index is 11.0. The van der Waals surface area contributed by atoms with Gasteiger partial charge in [0.2, 0.25) is 5.91 Å². The predicted octanol–water partition coefficient (Wildman–Crippen LogP) is 0.632. The van der Waals surface area contributed by atoms with E-state index in [1.165, 1.54) is 0 Å². The zero-order chi connectivity index (χ0) is 12.7. The normalized spacial score (nSPS) is 10.2. The van der Waals surface area contributed by atoms with Crippen LogP contribution in [0.2, 0.25) is 0 Å². The lowest BCUT2D eigenvalue weighted by Crippen LogP contribution is -2.35. The molecule has 0 aliphatic carbocycles. The quantitative estimate of drug-likeness (QED) is 0.727. The summed E-state index contributed by atoms with van der Waals surface area (Å²) >= 11 is 0. The summed E-state index contributed by atoms with van der Waals surface area (Å²) in [6, 6.07) is 3.77. The topological polar surface area (TPSA) is 85.2 Å². The lowest BCUT2D eigenvalue weighted by molar-refractivity contribution is -0.116. The van der Waals surface area contributed by atoms with Crippen molar-refractivity contribution in [2.45, 2.75) is 26.3 Å². The highest BCUT2D eigenvalue weighted by molar-refractivity contribution is 5.79. The van der Waals surface area contributed by atoms with Crippen LogP contribution in [0.5, 0.6) is 0 Å². The van der Waals surface area contributed by atoms with E-state index in [0.717, 1.165) is 30.8 Å². The Morgan fingerprint density at radius 3 is 2.88 bits per heavy atom. The first-order valence-corrected chi connectivity index (χ1v) is 5.85. The number of carbonyl (C=O) groups excluding carboxylic acids is 1. The van der Waals surface area contributed by atoms with Gasteiger partial charge in [0.15, 0.2) is 0 Å². The Balaban J connectivity index is 2.82. The van der Waals surface area contributed by atoms with Crippen molar-refractivity contribution < 1.29 is 4.79 Å². The lowest BCUT2D eigenvalue weighted by atomic mass is 10.2. The number of hydrogen-bond acceptors (Lipinski definition) is 4. The Labute approximate surface area is 102 Å². The summed E-state index contributed by atoms with van der Waals surface area (Å²) in [5.74, 6) is 0.418. The van der Waals surface area contributed by atoms with Gasteiger partial charge in [0.1, 0.15) is 5.82 Å². The van der Waals surface area contributed by atoms with Crippen molar-refractivity contribution >= 4 is 11.7 Å². The molecule has 1 aromatic heterocycles. The van der Waals surface area contributed by atoms with Gasteiger partial charge in [-0.1, -0.05) is 13.3 Å². The van der Waals surface area contributed by atoms with Gasteiger partial charge in [0.05, 0.1) is 6.54 Å². The zero-order valence-electron chi connectivity index (χ0n) is 10.2. The molecule has 0 fully saturated rings. The molecule has 4 N–H and O–H groups in total. The van der Waals surface area contributed by atoms with Crippen LogP contribution in [0.15, 0.2) is 18.3 Å². The molecule has 17 heavy (non-hydrogen) atoms. The third kappa shape index (κ3) is 4.40. The van der Waals surface area contributed by atoms with Gasteiger partial charge >= 0.3 is 0 Å². The van der Waals surface area contributed by atoms with E-state index in [-0.39, 0.29) is 12.5 Å². The van der Waals surface area contributed by atoms with Gasteiger partial charge in [0, 0.05) is 19.3 Å². The third-order valence-corrected chi connectivity index (χ3v) is 2.50. The van der Waals surface area contributed by atoms with Gasteiger partial charge in [-0.15, -0.1) is 0 Å². The Bertz CT molecular complexity index is 367. The summed E-state index contributed by atoms with van der Waals surface area (Å²) in [5.41, 5.74) is 11.8. The second kappa shape index (κ2) is 6.85. The first kappa shape index (κ1) is 13.4. The molecule has 0 spiro atoms. The fraction of sp³-hybridized carbons (Fsp3) is 0.500. The van der Waals surface area contributed by atoms with Gasteiger partial charge in [-0.3, -0.25) is 4.79 Å². The highest BCUT2D eigenvalue weighted by Crippen LogP contribution is 2.13. The van der Waals surface area contributed by atoms with Crippen molar-refractivity contribution in [1.82, 2.24) is 4.98 Å². The number of carbonyl (C=O) groups is 1. The Kier molecular flexibility index (Phi) is 5.42. The van der Waals surface area contributed by atoms with E-state index in [4.69, 9.17) is 11.5 Å². The number of nitrogens with two attached hydrogens (primary N) is 2. The SMILES string of the molecule is CCCCN(CC(N)=O)c1cc(CN)ccn1. The van der Waals surface area contributed by atoms with E-state index in [2.05, 4.69) is 11.9 Å². The fourth-order valence-corrected chi connectivity index (χ4v) is 1.57. The molecule has 0 radical (unpaired) electrons. The molecule has 0 aromatic carbocycles. The average molecular weight is 236 g/mol. The van der Waals surface area contributed by atoms with Crippen LogP contribution in [0.1, 0.15) is 25.3 Å². The maximum absolute atomic E-state index is 11.0. The summed E-state index contributed by atoms with van der Waals surface area (Å²) in [7, 11) is 0. The maximum Gasteiger partial charge on any atom is 0.236 e. The molecule has 94 valence electrons. The molecule has 5 heteroatoms. The van der Waals surface area contributed by atoms with Gasteiger partial charge in [-0.25, -0.2) is 4.98 Å². The minimum absolute atomic E-state index is 0.195. The van der Waals surface area contributed by atoms with Crippen LogP contribution in [-0.2, 0) is 11.3 Å². The molecule has 1 heterocycles. The van der Waals surface area contributed by atoms with Crippen LogP contribution >= 0.6 is 0 Å². The number of hydrogen-bond donors (Lipinski definition) is 2. The fourth-order valence-electron chi connectivity index (χ4n) is 1.57. The van der Waals surface area contributed by atoms with E-state index >= 15 is 0 Å². The van der Waals surface area contributed by atoms with Crippen molar-refractivity contribution in [2.24, 2.45) is 11.5 Å². The van der Waals surface area contributed by atoms with Crippen molar-refractivity contribution in [3.05, 3.63) is 23.9 Å². The minimum Gasteiger partial charge on any atom is -0.368 e. The molecule has 5 nitrogen and oxygen atoms in total. The molecule has 1 rings (SSSR count). The number of rotatable bonds is 7. The van der Waals surface area contributed by atoms with E-state index in [0.29, 0.717) is 6.54 Å². The molecule has 0 atom stereocenters. The van der Waals surface area contributed by atoms with Crippen LogP contribution in [0.4, 0.5) is 5.82 Å². The highest BCUT2D eigenvalue weighted by Gasteiger charge is 2.10. The Hall–Kier alpha value is -1.62. The van der Waals surface area contributed by atoms with E-state index in [1.807, 2.05) is 17.0 Å². The molecule has 1 aromatic rings. The highest BCUT2D eigenvalue weighted by atomic mass is 16.1. The van der Waals surface area contributed by atoms with Crippen LogP contribution in [0, 0.1) is 0 Å². The van der Waals surface area contributed by atoms with Gasteiger partial charge in [-0.2, -0.15) is 0 Å². The second-order valence-corrected chi connectivity index (χ2v) is 3.97. The third-order valence-electron chi connectivity index (χ3n) is 2.50. The summed E-state index contributed by atoms with van der Waals surface area (Å²) in [6.07, 6.45) is 3.77. The number of pyridine rings is 1. The van der Waals surface area contributed by atoms with Gasteiger partial charge < -0.3 is 16.4 Å². The van der Waals surface area contributed by atoms with Gasteiger partial charge in [0.25, 0.3) is 0 Å². The van der Waals surface area contributed by atoms with E-state index < -0.39 is 0 Å². The lowest BCUT2D eigenvalue weighted by Gasteiger charge is -2.22. The molecular weight excluding hydrogens is 216 g/mol. The summed E-state index contributed by atoms with van der Waals surface area (Å²) in [6.45, 7) is 3.54. The molecule has 0 saturated heterocycles. The number of primary amides is 1. The smallest absolute Gasteiger partial charge is 0.236 e. The molecule has 0 bridgehead atoms. The monoisotopic (exact) mass is 236 g/mol. The van der Waals surface area contributed by atoms with E-state index in [1.54, 1.807) is 6.20 Å². The first-order chi connectivity index (χ1) is 8.17. The molecule has 0 aliphatic rings. The number of unbranched alkanes of at least 4 members (excludes halogenated alkanes) is 1. The van der Waals surface area contributed by atoms with Crippen molar-refractivity contribution in [3.63, 3.8) is 0 Å². The molecule has 0 unspecified atom stereocenters. The average Bonchev–Trinajstić information content (AvgIpc) is 2.34. The van der Waals surface area contributed by atoms with Crippen molar-refractivity contribution in [3.8, 4) is 0 Å². The summed E-state index contributed by atoms with van der Waals surface area (Å²) < 4.78 is 0. The predicted molar refractivity (Wildman–Crippen MR) is 68.4 cm³/mol. The first-order valence-electron chi connectivity index (χ1n) is 5.85. The minimum atomic E-state index is -0.346. The summed E-state index contributed by atoms with van der Waals surface area (Å²) in [4.78, 5) is 17.2. The van der Waals surface area contributed by atoms with Crippen molar-refractivity contribution in [1.29, 1.82) is 0 Å². The molecule has 0 saturated carbocycles. The Morgan fingerprint density at radius 1 is 1.53 bits per heavy atom. The zero-order valence-corrected chi connectivity index (χ0v) is 10.2. The van der Waals surface area contributed by atoms with Gasteiger partial charge in [-0.05, 0) is 24.1 Å². The molecule has 0 aliphatic heterocycles. The van der Waals surface area contributed by atoms with Crippen molar-refractivity contribution in [2.75, 3.05) is 18.0 Å². The Morgan fingerprint density at radius 2 is 2.29 bits per heavy atom. The number of amides is 1. The number of anilines is 1. The van der Waals surface area contributed by atoms with E-state index in [9.17, 15) is 4.79 Å². The standard InChI is InChI=1S/C12H20N4O/c1-2-3-6-16(9-11(14)17)12-7-10(8-13)4-5-15-12/h4-5,7H,2-3,6,8-9,13H2,1H3,(H2,14,17). The van der Waals surface area contributed by atoms with Crippen LogP contribution < -0.4 is 16.4 Å². The molecule has 1 amide bonds. The number of aromatic nitrogens is 1.